The van der Waals surface area contributed by atoms with Crippen LogP contribution in [-0.4, -0.2) is 49.3 Å². The zero-order valence-electron chi connectivity index (χ0n) is 17.9. The minimum absolute atomic E-state index is 0.170. The van der Waals surface area contributed by atoms with Gasteiger partial charge in [-0.15, -0.1) is 0 Å². The first kappa shape index (κ1) is 21.2. The van der Waals surface area contributed by atoms with Crippen molar-refractivity contribution in [3.8, 4) is 11.5 Å². The SMILES string of the molecule is COc1ccc(C(=O)N2C(C(=O)NCc3ccco3)COC23CCCCC3)cc1OC. The van der Waals surface area contributed by atoms with Crippen LogP contribution >= 0.6 is 0 Å². The molecule has 8 nitrogen and oxygen atoms in total. The Balaban J connectivity index is 1.61. The second-order valence-electron chi connectivity index (χ2n) is 7.88. The van der Waals surface area contributed by atoms with Crippen molar-refractivity contribution in [1.82, 2.24) is 10.2 Å². The van der Waals surface area contributed by atoms with Crippen LogP contribution in [0.5, 0.6) is 11.5 Å². The number of nitrogens with zero attached hydrogens (tertiary/aromatic N) is 1. The van der Waals surface area contributed by atoms with Crippen molar-refractivity contribution in [2.45, 2.75) is 50.4 Å². The number of benzene rings is 1. The summed E-state index contributed by atoms with van der Waals surface area (Å²) in [6.45, 7) is 0.427. The molecule has 1 aromatic carbocycles. The Morgan fingerprint density at radius 1 is 1.13 bits per heavy atom. The summed E-state index contributed by atoms with van der Waals surface area (Å²) in [5, 5.41) is 2.87. The predicted octanol–water partition coefficient (Wildman–Crippen LogP) is 3.11. The monoisotopic (exact) mass is 428 g/mol. The molecule has 2 amide bonds. The number of hydrogen-bond acceptors (Lipinski definition) is 6. The lowest BCUT2D eigenvalue weighted by atomic mass is 9.89. The maximum Gasteiger partial charge on any atom is 0.257 e. The minimum atomic E-state index is -0.755. The van der Waals surface area contributed by atoms with Crippen LogP contribution in [0, 0.1) is 0 Å². The van der Waals surface area contributed by atoms with E-state index in [1.54, 1.807) is 48.6 Å². The van der Waals surface area contributed by atoms with E-state index in [1.807, 2.05) is 0 Å². The third-order valence-corrected chi connectivity index (χ3v) is 6.06. The van der Waals surface area contributed by atoms with Crippen LogP contribution in [0.4, 0.5) is 0 Å². The topological polar surface area (TPSA) is 90.2 Å². The standard InChI is InChI=1S/C23H28N2O6/c1-28-19-9-8-16(13-20(19)29-2)22(27)25-18(15-31-23(25)10-4-3-5-11-23)21(26)24-14-17-7-6-12-30-17/h6-9,12-13,18H,3-5,10-11,14-15H2,1-2H3,(H,24,26). The molecule has 1 spiro atoms. The van der Waals surface area contributed by atoms with Gasteiger partial charge in [-0.1, -0.05) is 6.42 Å². The number of rotatable bonds is 6. The lowest BCUT2D eigenvalue weighted by Crippen LogP contribution is -2.56. The molecule has 2 aliphatic rings. The van der Waals surface area contributed by atoms with Crippen molar-refractivity contribution in [2.24, 2.45) is 0 Å². The molecule has 1 N–H and O–H groups in total. The van der Waals surface area contributed by atoms with Crippen LogP contribution in [0.15, 0.2) is 41.0 Å². The zero-order valence-corrected chi connectivity index (χ0v) is 17.9. The van der Waals surface area contributed by atoms with Gasteiger partial charge in [0.15, 0.2) is 11.5 Å². The van der Waals surface area contributed by atoms with E-state index in [1.165, 1.54) is 7.11 Å². The van der Waals surface area contributed by atoms with E-state index in [4.69, 9.17) is 18.6 Å². The molecule has 2 fully saturated rings. The van der Waals surface area contributed by atoms with Gasteiger partial charge in [-0.3, -0.25) is 14.5 Å². The fourth-order valence-corrected chi connectivity index (χ4v) is 4.48. The maximum atomic E-state index is 13.7. The van der Waals surface area contributed by atoms with Crippen molar-refractivity contribution in [1.29, 1.82) is 0 Å². The number of nitrogens with one attached hydrogen (secondary N) is 1. The van der Waals surface area contributed by atoms with E-state index < -0.39 is 11.8 Å². The van der Waals surface area contributed by atoms with E-state index in [2.05, 4.69) is 5.32 Å². The van der Waals surface area contributed by atoms with Crippen LogP contribution in [-0.2, 0) is 16.1 Å². The lowest BCUT2D eigenvalue weighted by molar-refractivity contribution is -0.127. The Labute approximate surface area is 181 Å². The first-order valence-electron chi connectivity index (χ1n) is 10.6. The molecule has 8 heteroatoms. The van der Waals surface area contributed by atoms with Crippen molar-refractivity contribution in [3.63, 3.8) is 0 Å². The zero-order chi connectivity index (χ0) is 21.8. The molecule has 166 valence electrons. The van der Waals surface area contributed by atoms with Gasteiger partial charge in [0.2, 0.25) is 5.91 Å². The van der Waals surface area contributed by atoms with Gasteiger partial charge in [0.05, 0.1) is 33.6 Å². The fraction of sp³-hybridized carbons (Fsp3) is 0.478. The summed E-state index contributed by atoms with van der Waals surface area (Å²) in [5.74, 6) is 1.14. The summed E-state index contributed by atoms with van der Waals surface area (Å²) >= 11 is 0. The highest BCUT2D eigenvalue weighted by Crippen LogP contribution is 2.42. The third kappa shape index (κ3) is 4.12. The average Bonchev–Trinajstić information content (AvgIpc) is 3.45. The largest absolute Gasteiger partial charge is 0.493 e. The van der Waals surface area contributed by atoms with Crippen LogP contribution < -0.4 is 14.8 Å². The molecule has 0 radical (unpaired) electrons. The number of ether oxygens (including phenoxy) is 3. The highest BCUT2D eigenvalue weighted by Gasteiger charge is 2.53. The van der Waals surface area contributed by atoms with Gasteiger partial charge in [-0.25, -0.2) is 0 Å². The number of carbonyl (C=O) groups excluding carboxylic acids is 2. The van der Waals surface area contributed by atoms with E-state index in [0.717, 1.165) is 19.3 Å². The molecular formula is C23H28N2O6. The minimum Gasteiger partial charge on any atom is -0.493 e. The van der Waals surface area contributed by atoms with Crippen LogP contribution in [0.25, 0.3) is 0 Å². The fourth-order valence-electron chi connectivity index (χ4n) is 4.48. The van der Waals surface area contributed by atoms with E-state index in [-0.39, 0.29) is 25.0 Å². The smallest absolute Gasteiger partial charge is 0.257 e. The Hall–Kier alpha value is -3.00. The average molecular weight is 428 g/mol. The molecule has 31 heavy (non-hydrogen) atoms. The molecule has 1 aliphatic heterocycles. The quantitative estimate of drug-likeness (QED) is 0.760. The molecule has 1 saturated carbocycles. The molecule has 1 saturated heterocycles. The van der Waals surface area contributed by atoms with Crippen LogP contribution in [0.3, 0.4) is 0 Å². The van der Waals surface area contributed by atoms with Gasteiger partial charge in [-0.05, 0) is 56.0 Å². The van der Waals surface area contributed by atoms with Crippen LogP contribution in [0.1, 0.15) is 48.2 Å². The first-order chi connectivity index (χ1) is 15.1. The maximum absolute atomic E-state index is 13.7. The Morgan fingerprint density at radius 3 is 2.58 bits per heavy atom. The molecule has 0 bridgehead atoms. The second kappa shape index (κ2) is 9.01. The molecule has 1 unspecified atom stereocenters. The molecule has 1 atom stereocenters. The van der Waals surface area contributed by atoms with Crippen LogP contribution in [0.2, 0.25) is 0 Å². The van der Waals surface area contributed by atoms with Crippen molar-refractivity contribution >= 4 is 11.8 Å². The summed E-state index contributed by atoms with van der Waals surface area (Å²) < 4.78 is 22.1. The van der Waals surface area contributed by atoms with Crippen molar-refractivity contribution in [2.75, 3.05) is 20.8 Å². The summed E-state index contributed by atoms with van der Waals surface area (Å²) in [7, 11) is 3.07. The molecule has 1 aromatic heterocycles. The van der Waals surface area contributed by atoms with Gasteiger partial charge in [0.1, 0.15) is 17.5 Å². The number of hydrogen-bond donors (Lipinski definition) is 1. The van der Waals surface area contributed by atoms with E-state index in [9.17, 15) is 9.59 Å². The summed E-state index contributed by atoms with van der Waals surface area (Å²) in [5.41, 5.74) is -0.327. The molecule has 2 aromatic rings. The van der Waals surface area contributed by atoms with E-state index in [0.29, 0.717) is 35.7 Å². The predicted molar refractivity (Wildman–Crippen MR) is 112 cm³/mol. The van der Waals surface area contributed by atoms with Crippen molar-refractivity contribution in [3.05, 3.63) is 47.9 Å². The number of carbonyl (C=O) groups is 2. The van der Waals surface area contributed by atoms with Gasteiger partial charge in [-0.2, -0.15) is 0 Å². The number of furan rings is 1. The first-order valence-corrected chi connectivity index (χ1v) is 10.6. The second-order valence-corrected chi connectivity index (χ2v) is 7.88. The summed E-state index contributed by atoms with van der Waals surface area (Å²) in [6, 6.07) is 7.88. The summed E-state index contributed by atoms with van der Waals surface area (Å²) in [4.78, 5) is 28.4. The van der Waals surface area contributed by atoms with E-state index >= 15 is 0 Å². The van der Waals surface area contributed by atoms with Gasteiger partial charge in [0, 0.05) is 5.56 Å². The molecular weight excluding hydrogens is 400 g/mol. The Bertz CT molecular complexity index is 920. The van der Waals surface area contributed by atoms with Gasteiger partial charge in [0.25, 0.3) is 5.91 Å². The third-order valence-electron chi connectivity index (χ3n) is 6.06. The number of amides is 2. The summed E-state index contributed by atoms with van der Waals surface area (Å²) in [6.07, 6.45) is 6.00. The van der Waals surface area contributed by atoms with Gasteiger partial charge >= 0.3 is 0 Å². The molecule has 2 heterocycles. The lowest BCUT2D eigenvalue weighted by Gasteiger charge is -2.41. The normalized spacial score (nSPS) is 19.9. The highest BCUT2D eigenvalue weighted by atomic mass is 16.5. The Morgan fingerprint density at radius 2 is 1.90 bits per heavy atom. The number of methoxy groups -OCH3 is 2. The molecule has 4 rings (SSSR count). The molecule has 1 aliphatic carbocycles. The van der Waals surface area contributed by atoms with Crippen molar-refractivity contribution < 1.29 is 28.2 Å². The highest BCUT2D eigenvalue weighted by molar-refractivity contribution is 5.99. The van der Waals surface area contributed by atoms with Gasteiger partial charge < -0.3 is 23.9 Å². The Kier molecular flexibility index (Phi) is 6.18.